The fourth-order valence-corrected chi connectivity index (χ4v) is 2.36. The normalized spacial score (nSPS) is 14.5. The van der Waals surface area contributed by atoms with Gasteiger partial charge in [-0.15, -0.1) is 0 Å². The number of carbonyl (C=O) groups is 1. The van der Waals surface area contributed by atoms with E-state index < -0.39 is 27.9 Å². The number of methoxy groups -OCH3 is 1. The highest BCUT2D eigenvalue weighted by molar-refractivity contribution is 7.85. The molecule has 1 N–H and O–H groups in total. The van der Waals surface area contributed by atoms with E-state index in [1.165, 1.54) is 0 Å². The molecule has 0 aromatic heterocycles. The van der Waals surface area contributed by atoms with Gasteiger partial charge in [0.1, 0.15) is 5.60 Å². The number of hydrogen-bond donors (Lipinski definition) is 1. The molecule has 0 rings (SSSR count). The number of rotatable bonds is 8. The third-order valence-corrected chi connectivity index (χ3v) is 3.10. The predicted molar refractivity (Wildman–Crippen MR) is 84.2 cm³/mol. The third kappa shape index (κ3) is 11.8. The van der Waals surface area contributed by atoms with E-state index in [-0.39, 0.29) is 12.0 Å². The zero-order valence-electron chi connectivity index (χ0n) is 14.6. The Labute approximate surface area is 133 Å². The second-order valence-electron chi connectivity index (χ2n) is 7.13. The molecule has 0 fully saturated rings. The van der Waals surface area contributed by atoms with Crippen molar-refractivity contribution in [2.75, 3.05) is 26.6 Å². The third-order valence-electron chi connectivity index (χ3n) is 2.54. The first-order valence-corrected chi connectivity index (χ1v) is 8.88. The van der Waals surface area contributed by atoms with E-state index in [0.717, 1.165) is 6.26 Å². The van der Waals surface area contributed by atoms with Crippen molar-refractivity contribution in [1.82, 2.24) is 5.32 Å². The van der Waals surface area contributed by atoms with Gasteiger partial charge in [-0.05, 0) is 32.6 Å². The molecule has 1 amide bonds. The minimum atomic E-state index is -3.58. The highest BCUT2D eigenvalue weighted by Crippen LogP contribution is 2.23. The van der Waals surface area contributed by atoms with Gasteiger partial charge in [0.25, 0.3) is 10.1 Å². The average Bonchev–Trinajstić information content (AvgIpc) is 2.21. The van der Waals surface area contributed by atoms with Gasteiger partial charge in [0, 0.05) is 7.11 Å². The summed E-state index contributed by atoms with van der Waals surface area (Å²) >= 11 is 0. The van der Waals surface area contributed by atoms with Crippen LogP contribution < -0.4 is 5.32 Å². The van der Waals surface area contributed by atoms with Crippen LogP contribution in [0.4, 0.5) is 4.79 Å². The molecule has 0 aromatic rings. The minimum absolute atomic E-state index is 0.148. The molecular formula is C14H29NO6S. The molecule has 0 spiro atoms. The molecule has 0 radical (unpaired) electrons. The van der Waals surface area contributed by atoms with Crippen LogP contribution in [0.15, 0.2) is 0 Å². The fraction of sp³-hybridized carbons (Fsp3) is 0.929. The highest BCUT2D eigenvalue weighted by Gasteiger charge is 2.27. The Morgan fingerprint density at radius 2 is 1.73 bits per heavy atom. The SMILES string of the molecule is COCC(C)(C)CC(COS(C)(=O)=O)NC(=O)OC(C)(C)C. The summed E-state index contributed by atoms with van der Waals surface area (Å²) in [5, 5.41) is 2.65. The van der Waals surface area contributed by atoms with Gasteiger partial charge >= 0.3 is 6.09 Å². The number of amides is 1. The maximum absolute atomic E-state index is 11.9. The van der Waals surface area contributed by atoms with Crippen molar-refractivity contribution >= 4 is 16.2 Å². The minimum Gasteiger partial charge on any atom is -0.444 e. The van der Waals surface area contributed by atoms with E-state index >= 15 is 0 Å². The number of nitrogens with one attached hydrogen (secondary N) is 1. The lowest BCUT2D eigenvalue weighted by molar-refractivity contribution is 0.0431. The Morgan fingerprint density at radius 3 is 2.14 bits per heavy atom. The van der Waals surface area contributed by atoms with Crippen LogP contribution in [-0.2, 0) is 23.8 Å². The monoisotopic (exact) mass is 339 g/mol. The van der Waals surface area contributed by atoms with E-state index in [1.54, 1.807) is 27.9 Å². The van der Waals surface area contributed by atoms with Crippen molar-refractivity contribution in [1.29, 1.82) is 0 Å². The number of alkyl carbamates (subject to hydrolysis) is 1. The molecule has 0 aliphatic rings. The Bertz CT molecular complexity index is 452. The maximum atomic E-state index is 11.9. The zero-order valence-corrected chi connectivity index (χ0v) is 15.4. The van der Waals surface area contributed by atoms with Crippen molar-refractivity contribution in [3.8, 4) is 0 Å². The van der Waals surface area contributed by atoms with Crippen molar-refractivity contribution in [3.05, 3.63) is 0 Å². The Balaban J connectivity index is 4.82. The van der Waals surface area contributed by atoms with Crippen molar-refractivity contribution < 1.29 is 26.9 Å². The molecule has 0 aliphatic heterocycles. The molecule has 0 saturated carbocycles. The molecule has 0 bridgehead atoms. The summed E-state index contributed by atoms with van der Waals surface area (Å²) in [4.78, 5) is 11.9. The fourth-order valence-electron chi connectivity index (χ4n) is 1.95. The predicted octanol–water partition coefficient (Wildman–Crippen LogP) is 1.92. The van der Waals surface area contributed by atoms with Crippen LogP contribution in [0.2, 0.25) is 0 Å². The Hall–Kier alpha value is -0.860. The first-order valence-electron chi connectivity index (χ1n) is 7.07. The van der Waals surface area contributed by atoms with Crippen molar-refractivity contribution in [2.24, 2.45) is 5.41 Å². The van der Waals surface area contributed by atoms with Gasteiger partial charge in [-0.2, -0.15) is 8.42 Å². The van der Waals surface area contributed by atoms with Gasteiger partial charge in [-0.3, -0.25) is 4.18 Å². The van der Waals surface area contributed by atoms with Crippen LogP contribution in [0.3, 0.4) is 0 Å². The van der Waals surface area contributed by atoms with Crippen LogP contribution in [0.5, 0.6) is 0 Å². The van der Waals surface area contributed by atoms with Crippen LogP contribution >= 0.6 is 0 Å². The first kappa shape index (κ1) is 21.1. The first-order chi connectivity index (χ1) is 9.74. The van der Waals surface area contributed by atoms with Crippen LogP contribution in [0.1, 0.15) is 41.0 Å². The van der Waals surface area contributed by atoms with Gasteiger partial charge < -0.3 is 14.8 Å². The standard InChI is InChI=1S/C14H29NO6S/c1-13(2,3)21-12(16)15-11(9-20-22(7,17)18)8-14(4,5)10-19-6/h11H,8-10H2,1-7H3,(H,15,16). The summed E-state index contributed by atoms with van der Waals surface area (Å²) in [5.74, 6) is 0. The number of hydrogen-bond acceptors (Lipinski definition) is 6. The maximum Gasteiger partial charge on any atom is 0.407 e. The molecular weight excluding hydrogens is 310 g/mol. The number of carbonyl (C=O) groups excluding carboxylic acids is 1. The molecule has 0 aromatic carbocycles. The molecule has 0 heterocycles. The topological polar surface area (TPSA) is 90.9 Å². The van der Waals surface area contributed by atoms with Crippen LogP contribution in [0, 0.1) is 5.41 Å². The van der Waals surface area contributed by atoms with Crippen molar-refractivity contribution in [2.45, 2.75) is 52.7 Å². The van der Waals surface area contributed by atoms with Gasteiger partial charge in [0.05, 0.1) is 25.5 Å². The summed E-state index contributed by atoms with van der Waals surface area (Å²) in [7, 11) is -1.99. The summed E-state index contributed by atoms with van der Waals surface area (Å²) < 4.78 is 37.4. The molecule has 7 nitrogen and oxygen atoms in total. The zero-order chi connectivity index (χ0) is 17.6. The van der Waals surface area contributed by atoms with Crippen molar-refractivity contribution in [3.63, 3.8) is 0 Å². The van der Waals surface area contributed by atoms with Gasteiger partial charge in [-0.1, -0.05) is 13.8 Å². The van der Waals surface area contributed by atoms with E-state index in [0.29, 0.717) is 13.0 Å². The van der Waals surface area contributed by atoms with Gasteiger partial charge in [-0.25, -0.2) is 4.79 Å². The largest absolute Gasteiger partial charge is 0.444 e. The Kier molecular flexibility index (Phi) is 7.80. The smallest absolute Gasteiger partial charge is 0.407 e. The second kappa shape index (κ2) is 8.12. The summed E-state index contributed by atoms with van der Waals surface area (Å²) in [6.45, 7) is 9.50. The van der Waals surface area contributed by atoms with Gasteiger partial charge in [0.2, 0.25) is 0 Å². The molecule has 0 saturated heterocycles. The van der Waals surface area contributed by atoms with Crippen LogP contribution in [0.25, 0.3) is 0 Å². The lowest BCUT2D eigenvalue weighted by Gasteiger charge is -2.30. The average molecular weight is 339 g/mol. The lowest BCUT2D eigenvalue weighted by atomic mass is 9.87. The summed E-state index contributed by atoms with van der Waals surface area (Å²) in [6, 6.07) is -0.505. The van der Waals surface area contributed by atoms with E-state index in [9.17, 15) is 13.2 Å². The van der Waals surface area contributed by atoms with E-state index in [4.69, 9.17) is 13.7 Å². The lowest BCUT2D eigenvalue weighted by Crippen LogP contribution is -2.44. The van der Waals surface area contributed by atoms with E-state index in [1.807, 2.05) is 13.8 Å². The Morgan fingerprint density at radius 1 is 1.18 bits per heavy atom. The van der Waals surface area contributed by atoms with E-state index in [2.05, 4.69) is 5.32 Å². The summed E-state index contributed by atoms with van der Waals surface area (Å²) in [6.07, 6.45) is 0.843. The highest BCUT2D eigenvalue weighted by atomic mass is 32.2. The molecule has 1 atom stereocenters. The molecule has 132 valence electrons. The van der Waals surface area contributed by atoms with Crippen LogP contribution in [-0.4, -0.2) is 52.7 Å². The van der Waals surface area contributed by atoms with Gasteiger partial charge in [0.15, 0.2) is 0 Å². The molecule has 8 heteroatoms. The molecule has 22 heavy (non-hydrogen) atoms. The quantitative estimate of drug-likeness (QED) is 0.679. The number of ether oxygens (including phenoxy) is 2. The second-order valence-corrected chi connectivity index (χ2v) is 8.78. The molecule has 0 aliphatic carbocycles. The summed E-state index contributed by atoms with van der Waals surface area (Å²) in [5.41, 5.74) is -0.885. The molecule has 1 unspecified atom stereocenters.